The third-order valence-corrected chi connectivity index (χ3v) is 1.40. The van der Waals surface area contributed by atoms with Crippen molar-refractivity contribution in [2.45, 2.75) is 0 Å². The predicted molar refractivity (Wildman–Crippen MR) is 43.7 cm³/mol. The van der Waals surface area contributed by atoms with E-state index in [-0.39, 0.29) is 11.3 Å². The molecular weight excluding hydrogens is 175 g/mol. The Bertz CT molecular complexity index is 377. The normalized spacial score (nSPS) is 9.00. The van der Waals surface area contributed by atoms with E-state index in [1.165, 1.54) is 18.2 Å². The molecule has 1 aromatic rings. The Labute approximate surface area is 72.6 Å². The van der Waals surface area contributed by atoms with Crippen molar-refractivity contribution in [3.05, 3.63) is 40.0 Å². The van der Waals surface area contributed by atoms with Crippen molar-refractivity contribution in [2.75, 3.05) is 0 Å². The van der Waals surface area contributed by atoms with Crippen LogP contribution in [0.25, 0.3) is 10.4 Å². The van der Waals surface area contributed by atoms with Crippen LogP contribution < -0.4 is 5.73 Å². The van der Waals surface area contributed by atoms with Gasteiger partial charge in [0.05, 0.1) is 11.3 Å². The van der Waals surface area contributed by atoms with E-state index in [2.05, 4.69) is 10.0 Å². The smallest absolute Gasteiger partial charge is 0.251 e. The first-order valence-electron chi connectivity index (χ1n) is 3.30. The number of nitrogens with two attached hydrogens (primary N) is 1. The summed E-state index contributed by atoms with van der Waals surface area (Å²) in [5.41, 5.74) is 12.4. The zero-order chi connectivity index (χ0) is 9.84. The van der Waals surface area contributed by atoms with E-state index in [9.17, 15) is 9.18 Å². The molecular formula is C7H5FN4O. The van der Waals surface area contributed by atoms with Gasteiger partial charge in [0.15, 0.2) is 0 Å². The second-order valence-corrected chi connectivity index (χ2v) is 2.19. The number of carbonyl (C=O) groups is 1. The minimum atomic E-state index is -0.896. The Morgan fingerprint density at radius 2 is 2.31 bits per heavy atom. The summed E-state index contributed by atoms with van der Waals surface area (Å²) in [5.74, 6) is -1.79. The Kier molecular flexibility index (Phi) is 2.47. The first kappa shape index (κ1) is 9.02. The summed E-state index contributed by atoms with van der Waals surface area (Å²) in [6.07, 6.45) is 0. The number of carbonyl (C=O) groups excluding carboxylic acids is 1. The highest BCUT2D eigenvalue weighted by Crippen LogP contribution is 2.20. The number of benzene rings is 1. The van der Waals surface area contributed by atoms with Crippen LogP contribution in [0, 0.1) is 5.82 Å². The van der Waals surface area contributed by atoms with Crippen molar-refractivity contribution in [3.63, 3.8) is 0 Å². The van der Waals surface area contributed by atoms with E-state index in [1.54, 1.807) is 0 Å². The predicted octanol–water partition coefficient (Wildman–Crippen LogP) is 1.87. The molecule has 1 rings (SSSR count). The third kappa shape index (κ3) is 1.74. The van der Waals surface area contributed by atoms with Gasteiger partial charge in [0.25, 0.3) is 5.91 Å². The molecule has 0 unspecified atom stereocenters. The highest BCUT2D eigenvalue weighted by Gasteiger charge is 2.10. The van der Waals surface area contributed by atoms with E-state index in [4.69, 9.17) is 11.3 Å². The SMILES string of the molecule is [N-]=[N+]=Nc1cccc(C(N)=O)c1F. The maximum atomic E-state index is 13.1. The molecule has 0 bridgehead atoms. The third-order valence-electron chi connectivity index (χ3n) is 1.40. The van der Waals surface area contributed by atoms with Gasteiger partial charge in [0, 0.05) is 4.91 Å². The molecule has 66 valence electrons. The fourth-order valence-corrected chi connectivity index (χ4v) is 0.835. The van der Waals surface area contributed by atoms with Crippen LogP contribution in [0.5, 0.6) is 0 Å². The second kappa shape index (κ2) is 3.55. The van der Waals surface area contributed by atoms with Gasteiger partial charge >= 0.3 is 0 Å². The molecule has 0 radical (unpaired) electrons. The van der Waals surface area contributed by atoms with E-state index in [0.29, 0.717) is 0 Å². The minimum absolute atomic E-state index is 0.237. The number of amides is 1. The van der Waals surface area contributed by atoms with Crippen molar-refractivity contribution in [2.24, 2.45) is 10.8 Å². The summed E-state index contributed by atoms with van der Waals surface area (Å²) in [4.78, 5) is 13.0. The van der Waals surface area contributed by atoms with Crippen molar-refractivity contribution < 1.29 is 9.18 Å². The van der Waals surface area contributed by atoms with Crippen LogP contribution in [-0.2, 0) is 0 Å². The molecule has 0 saturated heterocycles. The lowest BCUT2D eigenvalue weighted by Crippen LogP contribution is -2.12. The number of azide groups is 1. The molecule has 0 aliphatic rings. The maximum Gasteiger partial charge on any atom is 0.251 e. The molecule has 0 aliphatic carbocycles. The van der Waals surface area contributed by atoms with Crippen LogP contribution in [0.3, 0.4) is 0 Å². The molecule has 0 fully saturated rings. The summed E-state index contributed by atoms with van der Waals surface area (Å²) < 4.78 is 13.1. The molecule has 6 heteroatoms. The quantitative estimate of drug-likeness (QED) is 0.420. The monoisotopic (exact) mass is 180 g/mol. The Balaban J connectivity index is 3.34. The molecule has 0 saturated carbocycles. The van der Waals surface area contributed by atoms with Gasteiger partial charge in [-0.2, -0.15) is 0 Å². The van der Waals surface area contributed by atoms with E-state index < -0.39 is 11.7 Å². The minimum Gasteiger partial charge on any atom is -0.366 e. The van der Waals surface area contributed by atoms with E-state index in [0.717, 1.165) is 0 Å². The molecule has 0 heterocycles. The molecule has 1 aromatic carbocycles. The van der Waals surface area contributed by atoms with Gasteiger partial charge in [-0.15, -0.1) is 0 Å². The number of halogens is 1. The Hall–Kier alpha value is -2.07. The maximum absolute atomic E-state index is 13.1. The molecule has 13 heavy (non-hydrogen) atoms. The lowest BCUT2D eigenvalue weighted by molar-refractivity contribution is 0.0996. The first-order chi connectivity index (χ1) is 6.16. The fraction of sp³-hybridized carbons (Fsp3) is 0. The number of nitrogens with zero attached hydrogens (tertiary/aromatic N) is 3. The first-order valence-corrected chi connectivity index (χ1v) is 3.30. The molecule has 1 amide bonds. The van der Waals surface area contributed by atoms with Gasteiger partial charge in [-0.05, 0) is 17.7 Å². The highest BCUT2D eigenvalue weighted by molar-refractivity contribution is 5.93. The second-order valence-electron chi connectivity index (χ2n) is 2.19. The highest BCUT2D eigenvalue weighted by atomic mass is 19.1. The van der Waals surface area contributed by atoms with Crippen molar-refractivity contribution in [1.29, 1.82) is 0 Å². The summed E-state index contributed by atoms with van der Waals surface area (Å²) in [6, 6.07) is 3.85. The van der Waals surface area contributed by atoms with Crippen LogP contribution >= 0.6 is 0 Å². The molecule has 5 nitrogen and oxygen atoms in total. The van der Waals surface area contributed by atoms with Crippen LogP contribution in [0.2, 0.25) is 0 Å². The molecule has 0 aromatic heterocycles. The summed E-state index contributed by atoms with van der Waals surface area (Å²) >= 11 is 0. The van der Waals surface area contributed by atoms with Crippen LogP contribution in [0.1, 0.15) is 10.4 Å². The standard InChI is InChI=1S/C7H5FN4O/c8-6-4(7(9)13)2-1-3-5(6)11-12-10/h1-3H,(H2,9,13). The van der Waals surface area contributed by atoms with Gasteiger partial charge in [0.1, 0.15) is 5.82 Å². The number of hydrogen-bond acceptors (Lipinski definition) is 2. The van der Waals surface area contributed by atoms with Gasteiger partial charge in [0.2, 0.25) is 0 Å². The Morgan fingerprint density at radius 3 is 2.85 bits per heavy atom. The van der Waals surface area contributed by atoms with Crippen molar-refractivity contribution >= 4 is 11.6 Å². The Morgan fingerprint density at radius 1 is 1.62 bits per heavy atom. The van der Waals surface area contributed by atoms with Gasteiger partial charge in [-0.1, -0.05) is 11.2 Å². The van der Waals surface area contributed by atoms with E-state index >= 15 is 0 Å². The lowest BCUT2D eigenvalue weighted by Gasteiger charge is -1.99. The number of primary amides is 1. The molecule has 0 spiro atoms. The van der Waals surface area contributed by atoms with Crippen LogP contribution in [0.4, 0.5) is 10.1 Å². The van der Waals surface area contributed by atoms with Crippen molar-refractivity contribution in [1.82, 2.24) is 0 Å². The van der Waals surface area contributed by atoms with Crippen LogP contribution in [0.15, 0.2) is 23.3 Å². The topological polar surface area (TPSA) is 91.8 Å². The summed E-state index contributed by atoms with van der Waals surface area (Å²) in [6.45, 7) is 0. The van der Waals surface area contributed by atoms with Gasteiger partial charge in [-0.25, -0.2) is 4.39 Å². The van der Waals surface area contributed by atoms with Crippen LogP contribution in [-0.4, -0.2) is 5.91 Å². The lowest BCUT2D eigenvalue weighted by atomic mass is 10.2. The average molecular weight is 180 g/mol. The van der Waals surface area contributed by atoms with Crippen molar-refractivity contribution in [3.8, 4) is 0 Å². The molecule has 0 atom stereocenters. The molecule has 0 aliphatic heterocycles. The largest absolute Gasteiger partial charge is 0.366 e. The number of rotatable bonds is 2. The molecule has 2 N–H and O–H groups in total. The zero-order valence-corrected chi connectivity index (χ0v) is 6.44. The fourth-order valence-electron chi connectivity index (χ4n) is 0.835. The summed E-state index contributed by atoms with van der Waals surface area (Å²) in [7, 11) is 0. The summed E-state index contributed by atoms with van der Waals surface area (Å²) in [5, 5.41) is 3.05. The average Bonchev–Trinajstić information content (AvgIpc) is 2.08. The van der Waals surface area contributed by atoms with E-state index in [1.807, 2.05) is 0 Å². The van der Waals surface area contributed by atoms with Gasteiger partial charge < -0.3 is 5.73 Å². The zero-order valence-electron chi connectivity index (χ0n) is 6.44. The van der Waals surface area contributed by atoms with Gasteiger partial charge in [-0.3, -0.25) is 4.79 Å². The number of hydrogen-bond donors (Lipinski definition) is 1.